The van der Waals surface area contributed by atoms with Gasteiger partial charge in [-0.15, -0.1) is 0 Å². The molecule has 0 amide bonds. The Bertz CT molecular complexity index is 3600. The zero-order valence-corrected chi connectivity index (χ0v) is 34.1. The molecule has 0 radical (unpaired) electrons. The van der Waals surface area contributed by atoms with Crippen molar-refractivity contribution in [3.8, 4) is 84.6 Å². The van der Waals surface area contributed by atoms with Gasteiger partial charge in [0, 0.05) is 58.0 Å². The third-order valence-electron chi connectivity index (χ3n) is 11.8. The Morgan fingerprint density at radius 2 is 1.02 bits per heavy atom. The summed E-state index contributed by atoms with van der Waals surface area (Å²) in [5, 5.41) is 0. The number of pyridine rings is 4. The average molecular weight is 809 g/mol. The van der Waals surface area contributed by atoms with Crippen molar-refractivity contribution in [1.82, 2.24) is 28.2 Å². The molecular formula is C56H38N7+. The van der Waals surface area contributed by atoms with Gasteiger partial charge in [-0.05, 0) is 60.2 Å². The Kier molecular flexibility index (Phi) is 8.67. The van der Waals surface area contributed by atoms with Crippen molar-refractivity contribution in [2.75, 3.05) is 0 Å². The predicted octanol–water partition coefficient (Wildman–Crippen LogP) is 12.6. The highest BCUT2D eigenvalue weighted by molar-refractivity contribution is 5.86. The van der Waals surface area contributed by atoms with Crippen molar-refractivity contribution in [2.45, 2.75) is 0 Å². The molecule has 296 valence electrons. The fourth-order valence-electron chi connectivity index (χ4n) is 8.97. The molecule has 0 aliphatic rings. The monoisotopic (exact) mass is 808 g/mol. The van der Waals surface area contributed by atoms with Gasteiger partial charge in [-0.3, -0.25) is 13.8 Å². The lowest BCUT2D eigenvalue weighted by atomic mass is 9.99. The first-order valence-electron chi connectivity index (χ1n) is 21.1. The zero-order valence-electron chi connectivity index (χ0n) is 34.1. The van der Waals surface area contributed by atoms with Gasteiger partial charge in [0.15, 0.2) is 17.2 Å². The molecule has 12 rings (SSSR count). The average Bonchev–Trinajstić information content (AvgIpc) is 4.06. The van der Waals surface area contributed by atoms with Crippen LogP contribution in [0.15, 0.2) is 231 Å². The number of nitrogens with zero attached hydrogens (tertiary/aromatic N) is 7. The van der Waals surface area contributed by atoms with Crippen LogP contribution in [0.25, 0.3) is 101 Å². The Hall–Kier alpha value is -8.68. The van der Waals surface area contributed by atoms with Gasteiger partial charge in [-0.2, -0.15) is 8.97 Å². The molecule has 0 atom stereocenters. The summed E-state index contributed by atoms with van der Waals surface area (Å²) in [4.78, 5) is 15.4. The van der Waals surface area contributed by atoms with Crippen molar-refractivity contribution < 1.29 is 4.57 Å². The summed E-state index contributed by atoms with van der Waals surface area (Å²) in [5.74, 6) is 0.806. The van der Waals surface area contributed by atoms with Crippen molar-refractivity contribution in [3.63, 3.8) is 0 Å². The van der Waals surface area contributed by atoms with E-state index in [9.17, 15) is 0 Å². The van der Waals surface area contributed by atoms with Gasteiger partial charge in [0.05, 0.1) is 28.8 Å². The summed E-state index contributed by atoms with van der Waals surface area (Å²) >= 11 is 0. The van der Waals surface area contributed by atoms with Gasteiger partial charge in [0.1, 0.15) is 17.0 Å². The maximum Gasteiger partial charge on any atom is 0.292 e. The van der Waals surface area contributed by atoms with E-state index < -0.39 is 0 Å². The fourth-order valence-corrected chi connectivity index (χ4v) is 8.97. The molecule has 5 aromatic carbocycles. The first kappa shape index (κ1) is 36.2. The molecular weight excluding hydrogens is 771 g/mol. The molecule has 0 unspecified atom stereocenters. The van der Waals surface area contributed by atoms with Crippen LogP contribution < -0.4 is 4.57 Å². The maximum atomic E-state index is 5.29. The summed E-state index contributed by atoms with van der Waals surface area (Å²) < 4.78 is 9.01. The third-order valence-corrected chi connectivity index (χ3v) is 11.8. The molecule has 0 spiro atoms. The van der Waals surface area contributed by atoms with Gasteiger partial charge >= 0.3 is 0 Å². The summed E-state index contributed by atoms with van der Waals surface area (Å²) in [6.07, 6.45) is 8.26. The van der Waals surface area contributed by atoms with E-state index in [0.717, 1.165) is 101 Å². The Morgan fingerprint density at radius 3 is 1.79 bits per heavy atom. The molecule has 12 aromatic rings. The third kappa shape index (κ3) is 6.21. The normalized spacial score (nSPS) is 11.5. The number of aromatic nitrogens is 7. The van der Waals surface area contributed by atoms with Gasteiger partial charge in [-0.1, -0.05) is 146 Å². The SMILES string of the molecule is c1ccc(-c2nc(-c3ccc(-c4cccc(-c5nc6ccccn6c5-c5cccc(-[n+]6c(-c7ccccc7)c(-c7ccccc7)n7ccccc76)c5)c4)cn3)n3ccccc23)cc1. The summed E-state index contributed by atoms with van der Waals surface area (Å²) in [6.45, 7) is 0. The quantitative estimate of drug-likeness (QED) is 0.144. The first-order valence-corrected chi connectivity index (χ1v) is 21.1. The molecule has 7 aromatic heterocycles. The number of hydrogen-bond acceptors (Lipinski definition) is 3. The molecule has 0 saturated heterocycles. The van der Waals surface area contributed by atoms with E-state index in [1.807, 2.05) is 36.5 Å². The van der Waals surface area contributed by atoms with Crippen LogP contribution in [-0.4, -0.2) is 28.2 Å². The van der Waals surface area contributed by atoms with E-state index >= 15 is 0 Å². The minimum Gasteiger partial charge on any atom is -0.299 e. The van der Waals surface area contributed by atoms with Crippen LogP contribution in [0.5, 0.6) is 0 Å². The number of fused-ring (bicyclic) bond motifs is 3. The lowest BCUT2D eigenvalue weighted by Crippen LogP contribution is -2.32. The second-order valence-corrected chi connectivity index (χ2v) is 15.6. The largest absolute Gasteiger partial charge is 0.299 e. The van der Waals surface area contributed by atoms with Gasteiger partial charge in [0.2, 0.25) is 0 Å². The topological polar surface area (TPSA) is 55.8 Å². The number of rotatable bonds is 8. The van der Waals surface area contributed by atoms with E-state index in [2.05, 4.69) is 212 Å². The lowest BCUT2D eigenvalue weighted by molar-refractivity contribution is -0.554. The van der Waals surface area contributed by atoms with E-state index in [0.29, 0.717) is 0 Å². The summed E-state index contributed by atoms with van der Waals surface area (Å²) in [7, 11) is 0. The van der Waals surface area contributed by atoms with Crippen LogP contribution in [0.1, 0.15) is 0 Å². The molecule has 0 N–H and O–H groups in total. The molecule has 7 nitrogen and oxygen atoms in total. The molecule has 0 fully saturated rings. The minimum atomic E-state index is 0.806. The van der Waals surface area contributed by atoms with E-state index in [-0.39, 0.29) is 0 Å². The highest BCUT2D eigenvalue weighted by Gasteiger charge is 2.30. The lowest BCUT2D eigenvalue weighted by Gasteiger charge is -2.10. The summed E-state index contributed by atoms with van der Waals surface area (Å²) in [6, 6.07) is 72.1. The molecule has 0 aliphatic carbocycles. The van der Waals surface area contributed by atoms with Crippen LogP contribution >= 0.6 is 0 Å². The smallest absolute Gasteiger partial charge is 0.292 e. The van der Waals surface area contributed by atoms with Crippen molar-refractivity contribution >= 4 is 16.8 Å². The van der Waals surface area contributed by atoms with Gasteiger partial charge in [-0.25, -0.2) is 9.97 Å². The first-order chi connectivity index (χ1) is 31.3. The minimum absolute atomic E-state index is 0.806. The van der Waals surface area contributed by atoms with Crippen LogP contribution in [0.3, 0.4) is 0 Å². The fraction of sp³-hybridized carbons (Fsp3) is 0. The standard InChI is InChI=1S/C56H38N7/c1-4-18-39(19-5-1)51-48-28-10-13-33-60(48)56(59-51)47-32-31-45(38-57-47)42-24-16-25-43(36-42)52-53(61-34-14-11-29-49(61)58-52)44-26-17-27-46(37-44)63-50-30-12-15-35-62(50)54(40-20-6-2-7-21-40)55(63)41-22-8-3-9-23-41/h1-38H/q+1. The van der Waals surface area contributed by atoms with Crippen LogP contribution in [0.2, 0.25) is 0 Å². The number of hydrogen-bond donors (Lipinski definition) is 0. The van der Waals surface area contributed by atoms with E-state index in [4.69, 9.17) is 15.0 Å². The van der Waals surface area contributed by atoms with Crippen LogP contribution in [0.4, 0.5) is 0 Å². The Morgan fingerprint density at radius 1 is 0.381 bits per heavy atom. The molecule has 7 heteroatoms. The van der Waals surface area contributed by atoms with Crippen LogP contribution in [0, 0.1) is 0 Å². The Balaban J connectivity index is 0.968. The Labute approximate surface area is 363 Å². The molecule has 0 bridgehead atoms. The second-order valence-electron chi connectivity index (χ2n) is 15.6. The summed E-state index contributed by atoms with van der Waals surface area (Å²) in [5.41, 5.74) is 17.5. The molecule has 63 heavy (non-hydrogen) atoms. The molecule has 7 heterocycles. The highest BCUT2D eigenvalue weighted by atomic mass is 15.1. The second kappa shape index (κ2) is 15.1. The van der Waals surface area contributed by atoms with Crippen molar-refractivity contribution in [1.29, 1.82) is 0 Å². The molecule has 0 saturated carbocycles. The van der Waals surface area contributed by atoms with Crippen molar-refractivity contribution in [3.05, 3.63) is 231 Å². The highest BCUT2D eigenvalue weighted by Crippen LogP contribution is 2.38. The zero-order chi connectivity index (χ0) is 41.7. The number of benzene rings is 5. The number of imidazole rings is 3. The maximum absolute atomic E-state index is 5.29. The van der Waals surface area contributed by atoms with E-state index in [1.54, 1.807) is 0 Å². The molecule has 0 aliphatic heterocycles. The van der Waals surface area contributed by atoms with Crippen molar-refractivity contribution in [2.24, 2.45) is 0 Å². The van der Waals surface area contributed by atoms with Crippen LogP contribution in [-0.2, 0) is 0 Å². The van der Waals surface area contributed by atoms with Gasteiger partial charge < -0.3 is 0 Å². The van der Waals surface area contributed by atoms with Gasteiger partial charge in [0.25, 0.3) is 5.65 Å². The predicted molar refractivity (Wildman–Crippen MR) is 252 cm³/mol. The van der Waals surface area contributed by atoms with E-state index in [1.165, 1.54) is 0 Å².